The molecule has 0 heterocycles. The zero-order chi connectivity index (χ0) is 10.1. The van der Waals surface area contributed by atoms with Crippen molar-refractivity contribution in [3.05, 3.63) is 24.8 Å². The Morgan fingerprint density at radius 2 is 2.29 bits per heavy atom. The van der Waals surface area contributed by atoms with Crippen LogP contribution in [0.5, 0.6) is 0 Å². The van der Waals surface area contributed by atoms with Crippen molar-refractivity contribution >= 4 is 11.6 Å². The smallest absolute Gasteiger partial charge is 0.159 e. The summed E-state index contributed by atoms with van der Waals surface area (Å²) in [6.45, 7) is 3.66. The fourth-order valence-electron chi connectivity index (χ4n) is 2.57. The lowest BCUT2D eigenvalue weighted by atomic mass is 9.87. The van der Waals surface area contributed by atoms with E-state index in [1.165, 1.54) is 0 Å². The summed E-state index contributed by atoms with van der Waals surface area (Å²) in [6, 6.07) is 0. The SMILES string of the molecule is C=CCC[C@H]1CC(=O)[C@@H]2C=CC(=O)[C@H]12. The first-order valence-electron chi connectivity index (χ1n) is 5.09. The number of ketones is 2. The molecule has 1 saturated carbocycles. The van der Waals surface area contributed by atoms with Gasteiger partial charge in [-0.15, -0.1) is 6.58 Å². The predicted molar refractivity (Wildman–Crippen MR) is 53.7 cm³/mol. The Bertz CT molecular complexity index is 314. The standard InChI is InChI=1S/C12H14O2/c1-2-3-4-8-7-11(14)9-5-6-10(13)12(8)9/h2,5-6,8-9,12H,1,3-4,7H2/t8-,9-,12+/m0/s1. The fourth-order valence-corrected chi connectivity index (χ4v) is 2.57. The van der Waals surface area contributed by atoms with E-state index in [0.717, 1.165) is 12.8 Å². The van der Waals surface area contributed by atoms with Gasteiger partial charge in [-0.2, -0.15) is 0 Å². The van der Waals surface area contributed by atoms with Gasteiger partial charge in [0.05, 0.1) is 0 Å². The Kier molecular flexibility index (Phi) is 2.36. The van der Waals surface area contributed by atoms with E-state index in [1.54, 1.807) is 12.2 Å². The van der Waals surface area contributed by atoms with Gasteiger partial charge < -0.3 is 0 Å². The van der Waals surface area contributed by atoms with Crippen LogP contribution in [0.15, 0.2) is 24.8 Å². The van der Waals surface area contributed by atoms with Crippen molar-refractivity contribution in [2.75, 3.05) is 0 Å². The number of allylic oxidation sites excluding steroid dienone is 3. The number of fused-ring (bicyclic) bond motifs is 1. The van der Waals surface area contributed by atoms with Crippen LogP contribution in [-0.2, 0) is 9.59 Å². The van der Waals surface area contributed by atoms with Gasteiger partial charge in [-0.25, -0.2) is 0 Å². The van der Waals surface area contributed by atoms with Crippen molar-refractivity contribution < 1.29 is 9.59 Å². The van der Waals surface area contributed by atoms with Gasteiger partial charge >= 0.3 is 0 Å². The van der Waals surface area contributed by atoms with Crippen LogP contribution in [0, 0.1) is 17.8 Å². The van der Waals surface area contributed by atoms with Crippen molar-refractivity contribution in [1.82, 2.24) is 0 Å². The molecule has 0 aromatic heterocycles. The Balaban J connectivity index is 2.11. The van der Waals surface area contributed by atoms with E-state index < -0.39 is 0 Å². The third-order valence-corrected chi connectivity index (χ3v) is 3.27. The number of carbonyl (C=O) groups excluding carboxylic acids is 2. The van der Waals surface area contributed by atoms with Crippen molar-refractivity contribution in [2.24, 2.45) is 17.8 Å². The minimum Gasteiger partial charge on any atom is -0.299 e. The normalized spacial score (nSPS) is 35.0. The highest BCUT2D eigenvalue weighted by Crippen LogP contribution is 2.41. The highest BCUT2D eigenvalue weighted by atomic mass is 16.1. The van der Waals surface area contributed by atoms with Crippen LogP contribution in [0.25, 0.3) is 0 Å². The van der Waals surface area contributed by atoms with Crippen LogP contribution in [0.3, 0.4) is 0 Å². The number of hydrogen-bond acceptors (Lipinski definition) is 2. The van der Waals surface area contributed by atoms with Crippen molar-refractivity contribution in [3.8, 4) is 0 Å². The number of rotatable bonds is 3. The highest BCUT2D eigenvalue weighted by molar-refractivity contribution is 6.03. The molecule has 0 bridgehead atoms. The molecule has 0 aliphatic heterocycles. The molecule has 2 heteroatoms. The molecule has 0 amide bonds. The molecular weight excluding hydrogens is 176 g/mol. The monoisotopic (exact) mass is 190 g/mol. The van der Waals surface area contributed by atoms with E-state index in [4.69, 9.17) is 0 Å². The molecule has 2 nitrogen and oxygen atoms in total. The average Bonchev–Trinajstić information content (AvgIpc) is 2.67. The van der Waals surface area contributed by atoms with Crippen LogP contribution in [0.2, 0.25) is 0 Å². The van der Waals surface area contributed by atoms with Gasteiger partial charge in [0, 0.05) is 18.3 Å². The molecule has 0 radical (unpaired) electrons. The molecule has 0 aromatic carbocycles. The summed E-state index contributed by atoms with van der Waals surface area (Å²) in [5.41, 5.74) is 0. The second-order valence-corrected chi connectivity index (χ2v) is 4.11. The number of carbonyl (C=O) groups is 2. The lowest BCUT2D eigenvalue weighted by molar-refractivity contribution is -0.123. The zero-order valence-corrected chi connectivity index (χ0v) is 8.11. The molecule has 2 aliphatic carbocycles. The Morgan fingerprint density at radius 3 is 3.00 bits per heavy atom. The molecule has 14 heavy (non-hydrogen) atoms. The third-order valence-electron chi connectivity index (χ3n) is 3.27. The Morgan fingerprint density at radius 1 is 1.50 bits per heavy atom. The van der Waals surface area contributed by atoms with Gasteiger partial charge in [0.2, 0.25) is 0 Å². The van der Waals surface area contributed by atoms with E-state index in [2.05, 4.69) is 6.58 Å². The summed E-state index contributed by atoms with van der Waals surface area (Å²) in [4.78, 5) is 23.1. The molecule has 1 fully saturated rings. The first-order chi connectivity index (χ1) is 6.74. The molecule has 2 aliphatic rings. The molecule has 3 atom stereocenters. The Labute approximate surface area is 83.7 Å². The molecule has 2 rings (SSSR count). The van der Waals surface area contributed by atoms with E-state index >= 15 is 0 Å². The van der Waals surface area contributed by atoms with E-state index in [-0.39, 0.29) is 29.3 Å². The minimum absolute atomic E-state index is 0.0394. The summed E-state index contributed by atoms with van der Waals surface area (Å²) < 4.78 is 0. The zero-order valence-electron chi connectivity index (χ0n) is 8.11. The highest BCUT2D eigenvalue weighted by Gasteiger charge is 2.46. The lowest BCUT2D eigenvalue weighted by Crippen LogP contribution is -2.18. The van der Waals surface area contributed by atoms with E-state index in [1.807, 2.05) is 6.08 Å². The van der Waals surface area contributed by atoms with Gasteiger partial charge in [-0.3, -0.25) is 9.59 Å². The summed E-state index contributed by atoms with van der Waals surface area (Å²) in [5.74, 6) is 0.508. The van der Waals surface area contributed by atoms with E-state index in [0.29, 0.717) is 6.42 Å². The fraction of sp³-hybridized carbons (Fsp3) is 0.500. The summed E-state index contributed by atoms with van der Waals surface area (Å²) in [6.07, 6.45) is 7.61. The van der Waals surface area contributed by atoms with Gasteiger partial charge in [0.15, 0.2) is 5.78 Å². The van der Waals surface area contributed by atoms with Gasteiger partial charge in [0.1, 0.15) is 5.78 Å². The maximum absolute atomic E-state index is 11.5. The molecule has 0 aromatic rings. The topological polar surface area (TPSA) is 34.1 Å². The van der Waals surface area contributed by atoms with Crippen LogP contribution in [0.1, 0.15) is 19.3 Å². The van der Waals surface area contributed by atoms with Gasteiger partial charge in [-0.1, -0.05) is 12.2 Å². The summed E-state index contributed by atoms with van der Waals surface area (Å²) in [7, 11) is 0. The van der Waals surface area contributed by atoms with Gasteiger partial charge in [0.25, 0.3) is 0 Å². The first-order valence-corrected chi connectivity index (χ1v) is 5.09. The molecule has 0 spiro atoms. The van der Waals surface area contributed by atoms with Crippen LogP contribution in [0.4, 0.5) is 0 Å². The second-order valence-electron chi connectivity index (χ2n) is 4.11. The van der Waals surface area contributed by atoms with Crippen LogP contribution in [-0.4, -0.2) is 11.6 Å². The molecule has 0 N–H and O–H groups in total. The number of Topliss-reactive ketones (excluding diaryl/α,β-unsaturated/α-hetero) is 1. The quantitative estimate of drug-likeness (QED) is 0.637. The average molecular weight is 190 g/mol. The second kappa shape index (κ2) is 3.52. The van der Waals surface area contributed by atoms with Crippen LogP contribution >= 0.6 is 0 Å². The van der Waals surface area contributed by atoms with Crippen molar-refractivity contribution in [1.29, 1.82) is 0 Å². The first kappa shape index (κ1) is 9.38. The largest absolute Gasteiger partial charge is 0.299 e. The summed E-state index contributed by atoms with van der Waals surface area (Å²) in [5, 5.41) is 0. The maximum atomic E-state index is 11.5. The third kappa shape index (κ3) is 1.35. The van der Waals surface area contributed by atoms with E-state index in [9.17, 15) is 9.59 Å². The predicted octanol–water partition coefficient (Wildman–Crippen LogP) is 1.91. The van der Waals surface area contributed by atoms with Crippen molar-refractivity contribution in [3.63, 3.8) is 0 Å². The van der Waals surface area contributed by atoms with Crippen LogP contribution < -0.4 is 0 Å². The summed E-state index contributed by atoms with van der Waals surface area (Å²) >= 11 is 0. The molecule has 0 saturated heterocycles. The van der Waals surface area contributed by atoms with Crippen molar-refractivity contribution in [2.45, 2.75) is 19.3 Å². The minimum atomic E-state index is -0.0997. The molecule has 74 valence electrons. The van der Waals surface area contributed by atoms with Gasteiger partial charge in [-0.05, 0) is 24.8 Å². The maximum Gasteiger partial charge on any atom is 0.159 e. The molecule has 0 unspecified atom stereocenters. The lowest BCUT2D eigenvalue weighted by Gasteiger charge is -2.14. The molecular formula is C12H14O2. The number of hydrogen-bond donors (Lipinski definition) is 0. The Hall–Kier alpha value is -1.18.